The van der Waals surface area contributed by atoms with E-state index in [1.54, 1.807) is 0 Å². The molecule has 1 aromatic rings. The molecular formula is C20H22Cl2N2S. The molecule has 2 heterocycles. The van der Waals surface area contributed by atoms with Gasteiger partial charge in [-0.25, -0.2) is 0 Å². The van der Waals surface area contributed by atoms with Gasteiger partial charge in [0.05, 0.1) is 16.0 Å². The summed E-state index contributed by atoms with van der Waals surface area (Å²) < 4.78 is 0. The van der Waals surface area contributed by atoms with Gasteiger partial charge in [0, 0.05) is 17.5 Å². The van der Waals surface area contributed by atoms with Gasteiger partial charge in [-0.1, -0.05) is 66.4 Å². The van der Waals surface area contributed by atoms with Gasteiger partial charge in [-0.2, -0.15) is 0 Å². The molecule has 1 fully saturated rings. The van der Waals surface area contributed by atoms with Crippen LogP contribution >= 0.6 is 35.0 Å². The first-order valence-electron chi connectivity index (χ1n) is 8.86. The second-order valence-electron chi connectivity index (χ2n) is 6.94. The third-order valence-electron chi connectivity index (χ3n) is 5.31. The Morgan fingerprint density at radius 3 is 2.60 bits per heavy atom. The summed E-state index contributed by atoms with van der Waals surface area (Å²) in [5, 5.41) is 1.89. The van der Waals surface area contributed by atoms with Gasteiger partial charge in [0.15, 0.2) is 0 Å². The summed E-state index contributed by atoms with van der Waals surface area (Å²) in [7, 11) is 0. The molecule has 0 amide bonds. The number of hydrogen-bond acceptors (Lipinski definition) is 3. The van der Waals surface area contributed by atoms with Crippen LogP contribution in [0.5, 0.6) is 0 Å². The molecule has 4 rings (SSSR count). The highest BCUT2D eigenvalue weighted by Crippen LogP contribution is 2.53. The van der Waals surface area contributed by atoms with Crippen LogP contribution in [0.3, 0.4) is 0 Å². The smallest absolute Gasteiger partial charge is 0.109 e. The van der Waals surface area contributed by atoms with Crippen molar-refractivity contribution >= 4 is 35.0 Å². The number of fused-ring (bicyclic) bond motifs is 1. The molecule has 3 aliphatic rings. The van der Waals surface area contributed by atoms with Crippen molar-refractivity contribution in [1.82, 2.24) is 4.90 Å². The molecule has 1 saturated carbocycles. The van der Waals surface area contributed by atoms with E-state index >= 15 is 0 Å². The van der Waals surface area contributed by atoms with E-state index in [4.69, 9.17) is 28.9 Å². The van der Waals surface area contributed by atoms with Gasteiger partial charge in [0.1, 0.15) is 5.16 Å². The molecule has 132 valence electrons. The number of nitrogens with two attached hydrogens (primary N) is 1. The molecule has 5 heteroatoms. The molecule has 0 aromatic heterocycles. The Bertz CT molecular complexity index is 741. The van der Waals surface area contributed by atoms with Crippen molar-refractivity contribution in [2.24, 2.45) is 11.7 Å². The molecule has 2 N–H and O–H groups in total. The van der Waals surface area contributed by atoms with Crippen molar-refractivity contribution in [2.75, 3.05) is 0 Å². The maximum Gasteiger partial charge on any atom is 0.109 e. The first kappa shape index (κ1) is 17.5. The molecule has 0 spiro atoms. The van der Waals surface area contributed by atoms with Gasteiger partial charge >= 0.3 is 0 Å². The van der Waals surface area contributed by atoms with Crippen molar-refractivity contribution < 1.29 is 0 Å². The molecule has 0 radical (unpaired) electrons. The minimum Gasteiger partial charge on any atom is -0.327 e. The monoisotopic (exact) mass is 392 g/mol. The summed E-state index contributed by atoms with van der Waals surface area (Å²) in [4.78, 5) is 3.35. The Labute approximate surface area is 163 Å². The van der Waals surface area contributed by atoms with Crippen LogP contribution in [-0.4, -0.2) is 16.2 Å². The fraction of sp³-hybridized carbons (Fsp3) is 0.400. The highest BCUT2D eigenvalue weighted by molar-refractivity contribution is 8.04. The van der Waals surface area contributed by atoms with Gasteiger partial charge < -0.3 is 10.6 Å². The summed E-state index contributed by atoms with van der Waals surface area (Å²) in [5.41, 5.74) is 8.72. The van der Waals surface area contributed by atoms with E-state index in [9.17, 15) is 0 Å². The van der Waals surface area contributed by atoms with Crippen molar-refractivity contribution in [3.63, 3.8) is 0 Å². The van der Waals surface area contributed by atoms with E-state index in [1.165, 1.54) is 23.3 Å². The Balaban J connectivity index is 1.64. The third-order valence-corrected chi connectivity index (χ3v) is 7.61. The van der Waals surface area contributed by atoms with E-state index in [1.807, 2.05) is 23.9 Å². The van der Waals surface area contributed by atoms with Crippen molar-refractivity contribution in [3.05, 3.63) is 68.8 Å². The van der Waals surface area contributed by atoms with Crippen LogP contribution in [0, 0.1) is 5.92 Å². The zero-order valence-electron chi connectivity index (χ0n) is 14.0. The van der Waals surface area contributed by atoms with Crippen LogP contribution in [0.1, 0.15) is 31.2 Å². The number of benzene rings is 1. The van der Waals surface area contributed by atoms with Gasteiger partial charge in [-0.05, 0) is 36.5 Å². The summed E-state index contributed by atoms with van der Waals surface area (Å²) in [6.45, 7) is 0.725. The fourth-order valence-electron chi connectivity index (χ4n) is 3.98. The summed E-state index contributed by atoms with van der Waals surface area (Å²) >= 11 is 15.3. The Kier molecular flexibility index (Phi) is 5.19. The van der Waals surface area contributed by atoms with Crippen molar-refractivity contribution in [3.8, 4) is 0 Å². The molecule has 1 aliphatic carbocycles. The van der Waals surface area contributed by atoms with Crippen molar-refractivity contribution in [2.45, 2.75) is 43.5 Å². The minimum atomic E-state index is 0.243. The summed E-state index contributed by atoms with van der Waals surface area (Å²) in [6, 6.07) is 10.6. The number of rotatable bonds is 3. The lowest BCUT2D eigenvalue weighted by Gasteiger charge is -2.32. The lowest BCUT2D eigenvalue weighted by Crippen LogP contribution is -2.38. The Hall–Kier alpha value is -0.870. The minimum absolute atomic E-state index is 0.243. The largest absolute Gasteiger partial charge is 0.327 e. The average molecular weight is 393 g/mol. The number of allylic oxidation sites excluding steroid dienone is 2. The van der Waals surface area contributed by atoms with Crippen molar-refractivity contribution in [1.29, 1.82) is 0 Å². The zero-order valence-corrected chi connectivity index (χ0v) is 16.3. The second kappa shape index (κ2) is 7.40. The first-order chi connectivity index (χ1) is 12.1. The highest BCUT2D eigenvalue weighted by atomic mass is 35.5. The van der Waals surface area contributed by atoms with E-state index < -0.39 is 0 Å². The average Bonchev–Trinajstić information content (AvgIpc) is 2.96. The van der Waals surface area contributed by atoms with Crippen LogP contribution in [0.2, 0.25) is 0 Å². The van der Waals surface area contributed by atoms with Crippen LogP contribution in [-0.2, 0) is 6.54 Å². The Morgan fingerprint density at radius 2 is 1.84 bits per heavy atom. The lowest BCUT2D eigenvalue weighted by atomic mass is 9.82. The SMILES string of the molecule is N[C@@H]1CCCC[C@H]1C1SC2=CC=C(Cl)N(Cc3ccccc3)C2=C1Cl. The Morgan fingerprint density at radius 1 is 1.08 bits per heavy atom. The predicted molar refractivity (Wildman–Crippen MR) is 108 cm³/mol. The number of hydrogen-bond donors (Lipinski definition) is 1. The first-order valence-corrected chi connectivity index (χ1v) is 10.5. The third kappa shape index (κ3) is 3.40. The molecule has 3 atom stereocenters. The highest BCUT2D eigenvalue weighted by Gasteiger charge is 2.41. The van der Waals surface area contributed by atoms with Gasteiger partial charge in [-0.3, -0.25) is 0 Å². The van der Waals surface area contributed by atoms with Crippen LogP contribution in [0.4, 0.5) is 0 Å². The number of halogens is 2. The quantitative estimate of drug-likeness (QED) is 0.683. The van der Waals surface area contributed by atoms with E-state index in [2.05, 4.69) is 35.2 Å². The second-order valence-corrected chi connectivity index (χ2v) is 8.92. The molecule has 2 aliphatic heterocycles. The van der Waals surface area contributed by atoms with Crippen LogP contribution < -0.4 is 5.73 Å². The van der Waals surface area contributed by atoms with Crippen LogP contribution in [0.15, 0.2) is 63.3 Å². The van der Waals surface area contributed by atoms with Gasteiger partial charge in [-0.15, -0.1) is 11.8 Å². The van der Waals surface area contributed by atoms with Gasteiger partial charge in [0.25, 0.3) is 0 Å². The number of nitrogens with zero attached hydrogens (tertiary/aromatic N) is 1. The topological polar surface area (TPSA) is 29.3 Å². The molecule has 0 bridgehead atoms. The zero-order chi connectivity index (χ0) is 17.4. The normalized spacial score (nSPS) is 29.4. The van der Waals surface area contributed by atoms with Gasteiger partial charge in [0.2, 0.25) is 0 Å². The maximum absolute atomic E-state index is 6.91. The summed E-state index contributed by atoms with van der Waals surface area (Å²) in [5.74, 6) is 0.447. The molecule has 2 nitrogen and oxygen atoms in total. The maximum atomic E-state index is 6.91. The number of thioether (sulfide) groups is 1. The van der Waals surface area contributed by atoms with E-state index in [0.29, 0.717) is 5.92 Å². The summed E-state index contributed by atoms with van der Waals surface area (Å²) in [6.07, 6.45) is 8.83. The van der Waals surface area contributed by atoms with Crippen LogP contribution in [0.25, 0.3) is 0 Å². The molecule has 0 saturated heterocycles. The molecule has 1 unspecified atom stereocenters. The predicted octanol–water partition coefficient (Wildman–Crippen LogP) is 5.55. The lowest BCUT2D eigenvalue weighted by molar-refractivity contribution is 0.314. The molecule has 25 heavy (non-hydrogen) atoms. The molecular weight excluding hydrogens is 371 g/mol. The van der Waals surface area contributed by atoms with E-state index in [0.717, 1.165) is 35.3 Å². The fourth-order valence-corrected chi connectivity index (χ4v) is 6.22. The standard InChI is InChI=1S/C20H22Cl2N2S/c21-17-11-10-16-19(24(17)12-13-6-2-1-3-7-13)18(22)20(25-16)14-8-4-5-9-15(14)23/h1-3,6-7,10-11,14-15,20H,4-5,8-9,12,23H2/t14-,15-,20?/m1/s1. The molecule has 1 aromatic carbocycles. The van der Waals surface area contributed by atoms with E-state index in [-0.39, 0.29) is 11.3 Å².